The van der Waals surface area contributed by atoms with Crippen LogP contribution in [0.2, 0.25) is 5.02 Å². The molecule has 136 valence electrons. The van der Waals surface area contributed by atoms with E-state index in [-0.39, 0.29) is 29.0 Å². The number of nitrogens with zero attached hydrogens (tertiary/aromatic N) is 1. The van der Waals surface area contributed by atoms with Crippen molar-refractivity contribution in [1.82, 2.24) is 10.2 Å². The molecule has 2 aromatic carbocycles. The predicted molar refractivity (Wildman–Crippen MR) is 99.8 cm³/mol. The number of likely N-dealkylation sites (tertiary alicyclic amines) is 1. The van der Waals surface area contributed by atoms with Crippen molar-refractivity contribution < 1.29 is 14.7 Å². The van der Waals surface area contributed by atoms with Gasteiger partial charge in [0.05, 0.1) is 11.4 Å². The molecule has 0 unspecified atom stereocenters. The van der Waals surface area contributed by atoms with Crippen LogP contribution in [0.4, 0.5) is 0 Å². The van der Waals surface area contributed by atoms with Gasteiger partial charge in [-0.1, -0.05) is 41.9 Å². The summed E-state index contributed by atoms with van der Waals surface area (Å²) in [6.45, 7) is 1.78. The highest BCUT2D eigenvalue weighted by Crippen LogP contribution is 2.23. The summed E-state index contributed by atoms with van der Waals surface area (Å²) in [5, 5.41) is 12.6. The van der Waals surface area contributed by atoms with Gasteiger partial charge in [-0.3, -0.25) is 9.59 Å². The Bertz CT molecular complexity index is 822. The lowest BCUT2D eigenvalue weighted by Gasteiger charge is -2.18. The highest BCUT2D eigenvalue weighted by molar-refractivity contribution is 6.32. The summed E-state index contributed by atoms with van der Waals surface area (Å²) in [6.07, 6.45) is 1.72. The lowest BCUT2D eigenvalue weighted by molar-refractivity contribution is -0.128. The summed E-state index contributed by atoms with van der Waals surface area (Å²) in [5.41, 5.74) is 2.79. The molecule has 26 heavy (non-hydrogen) atoms. The number of benzene rings is 2. The first-order chi connectivity index (χ1) is 12.5. The van der Waals surface area contributed by atoms with Crippen molar-refractivity contribution >= 4 is 23.4 Å². The number of carbonyl (C=O) groups is 2. The summed E-state index contributed by atoms with van der Waals surface area (Å²) in [7, 11) is 0. The predicted octanol–water partition coefficient (Wildman–Crippen LogP) is 3.03. The monoisotopic (exact) mass is 372 g/mol. The van der Waals surface area contributed by atoms with Crippen molar-refractivity contribution in [1.29, 1.82) is 0 Å². The molecule has 0 bridgehead atoms. The molecule has 0 saturated carbocycles. The molecule has 0 atom stereocenters. The number of aromatic hydroxyl groups is 1. The summed E-state index contributed by atoms with van der Waals surface area (Å²) in [5.74, 6) is 0.0630. The molecular formula is C20H21ClN2O3. The molecule has 2 aromatic rings. The minimum absolute atomic E-state index is 0.00112. The lowest BCUT2D eigenvalue weighted by atomic mass is 10.1. The van der Waals surface area contributed by atoms with Gasteiger partial charge >= 0.3 is 0 Å². The standard InChI is InChI=1S/C20H21ClN2O3/c21-17-10-14(7-8-18(17)24)11-19(25)22-12-15-4-1-2-5-16(15)13-23-9-3-6-20(23)26/h1-2,4-5,7-8,10,24H,3,6,9,11-13H2,(H,22,25). The maximum absolute atomic E-state index is 12.2. The van der Waals surface area contributed by atoms with Crippen LogP contribution in [0.15, 0.2) is 42.5 Å². The molecule has 6 heteroatoms. The van der Waals surface area contributed by atoms with Crippen LogP contribution in [0, 0.1) is 0 Å². The zero-order valence-corrected chi connectivity index (χ0v) is 15.1. The number of carbonyl (C=O) groups excluding carboxylic acids is 2. The molecule has 0 aromatic heterocycles. The van der Waals surface area contributed by atoms with Crippen molar-refractivity contribution in [2.75, 3.05) is 6.54 Å². The molecule has 1 fully saturated rings. The van der Waals surface area contributed by atoms with E-state index in [0.717, 1.165) is 29.7 Å². The Balaban J connectivity index is 1.59. The quantitative estimate of drug-likeness (QED) is 0.818. The molecule has 1 heterocycles. The van der Waals surface area contributed by atoms with Crippen LogP contribution >= 0.6 is 11.6 Å². The van der Waals surface area contributed by atoms with Crippen molar-refractivity contribution in [2.24, 2.45) is 0 Å². The van der Waals surface area contributed by atoms with E-state index < -0.39 is 0 Å². The van der Waals surface area contributed by atoms with E-state index in [1.807, 2.05) is 29.2 Å². The molecule has 2 N–H and O–H groups in total. The number of phenolic OH excluding ortho intramolecular Hbond substituents is 1. The number of hydrogen-bond donors (Lipinski definition) is 2. The molecule has 0 radical (unpaired) electrons. The lowest BCUT2D eigenvalue weighted by Crippen LogP contribution is -2.27. The van der Waals surface area contributed by atoms with Crippen LogP contribution in [0.1, 0.15) is 29.5 Å². The van der Waals surface area contributed by atoms with E-state index in [9.17, 15) is 14.7 Å². The smallest absolute Gasteiger partial charge is 0.224 e. The van der Waals surface area contributed by atoms with Gasteiger partial charge in [0, 0.05) is 26.1 Å². The second-order valence-electron chi connectivity index (χ2n) is 6.43. The molecule has 0 aliphatic carbocycles. The molecule has 2 amide bonds. The second-order valence-corrected chi connectivity index (χ2v) is 6.83. The molecular weight excluding hydrogens is 352 g/mol. The Hall–Kier alpha value is -2.53. The molecule has 1 saturated heterocycles. The first kappa shape index (κ1) is 18.3. The van der Waals surface area contributed by atoms with Crippen LogP contribution in [0.25, 0.3) is 0 Å². The fraction of sp³-hybridized carbons (Fsp3) is 0.300. The molecule has 0 spiro atoms. The number of amides is 2. The number of hydrogen-bond acceptors (Lipinski definition) is 3. The third-order valence-electron chi connectivity index (χ3n) is 4.50. The highest BCUT2D eigenvalue weighted by atomic mass is 35.5. The van der Waals surface area contributed by atoms with Crippen LogP contribution in [-0.4, -0.2) is 28.4 Å². The first-order valence-electron chi connectivity index (χ1n) is 8.61. The Morgan fingerprint density at radius 3 is 2.65 bits per heavy atom. The van der Waals surface area contributed by atoms with E-state index in [0.29, 0.717) is 19.5 Å². The van der Waals surface area contributed by atoms with E-state index in [1.165, 1.54) is 6.07 Å². The van der Waals surface area contributed by atoms with Crippen molar-refractivity contribution in [2.45, 2.75) is 32.4 Å². The minimum atomic E-state index is -0.126. The minimum Gasteiger partial charge on any atom is -0.506 e. The summed E-state index contributed by atoms with van der Waals surface area (Å²) in [4.78, 5) is 25.9. The fourth-order valence-electron chi connectivity index (χ4n) is 3.06. The van der Waals surface area contributed by atoms with Gasteiger partial charge < -0.3 is 15.3 Å². The Morgan fingerprint density at radius 2 is 1.96 bits per heavy atom. The van der Waals surface area contributed by atoms with E-state index in [4.69, 9.17) is 11.6 Å². The van der Waals surface area contributed by atoms with Gasteiger partial charge in [0.25, 0.3) is 0 Å². The number of rotatable bonds is 6. The summed E-state index contributed by atoms with van der Waals surface area (Å²) >= 11 is 5.87. The first-order valence-corrected chi connectivity index (χ1v) is 8.99. The van der Waals surface area contributed by atoms with E-state index in [2.05, 4.69) is 5.32 Å². The van der Waals surface area contributed by atoms with Crippen LogP contribution in [0.5, 0.6) is 5.75 Å². The van der Waals surface area contributed by atoms with Gasteiger partial charge in [0.15, 0.2) is 0 Å². The maximum Gasteiger partial charge on any atom is 0.224 e. The molecule has 1 aliphatic rings. The number of halogens is 1. The summed E-state index contributed by atoms with van der Waals surface area (Å²) < 4.78 is 0. The van der Waals surface area contributed by atoms with Crippen molar-refractivity contribution in [3.8, 4) is 5.75 Å². The zero-order chi connectivity index (χ0) is 18.5. The van der Waals surface area contributed by atoms with Crippen LogP contribution in [-0.2, 0) is 29.1 Å². The van der Waals surface area contributed by atoms with Crippen LogP contribution in [0.3, 0.4) is 0 Å². The maximum atomic E-state index is 12.2. The fourth-order valence-corrected chi connectivity index (χ4v) is 3.27. The summed E-state index contributed by atoms with van der Waals surface area (Å²) in [6, 6.07) is 12.6. The average Bonchev–Trinajstić information content (AvgIpc) is 3.02. The second kappa shape index (κ2) is 8.23. The molecule has 1 aliphatic heterocycles. The van der Waals surface area contributed by atoms with E-state index in [1.54, 1.807) is 12.1 Å². The SMILES string of the molecule is O=C(Cc1ccc(O)c(Cl)c1)NCc1ccccc1CN1CCCC1=O. The highest BCUT2D eigenvalue weighted by Gasteiger charge is 2.20. The van der Waals surface area contributed by atoms with Crippen molar-refractivity contribution in [3.63, 3.8) is 0 Å². The van der Waals surface area contributed by atoms with Gasteiger partial charge in [-0.15, -0.1) is 0 Å². The Morgan fingerprint density at radius 1 is 1.19 bits per heavy atom. The normalized spacial score (nSPS) is 13.9. The average molecular weight is 373 g/mol. The number of phenols is 1. The zero-order valence-electron chi connectivity index (χ0n) is 14.4. The van der Waals surface area contributed by atoms with Gasteiger partial charge in [0.1, 0.15) is 5.75 Å². The third-order valence-corrected chi connectivity index (χ3v) is 4.81. The molecule has 3 rings (SSSR count). The van der Waals surface area contributed by atoms with Gasteiger partial charge in [-0.2, -0.15) is 0 Å². The van der Waals surface area contributed by atoms with Crippen LogP contribution < -0.4 is 5.32 Å². The number of nitrogens with one attached hydrogen (secondary N) is 1. The third kappa shape index (κ3) is 4.55. The van der Waals surface area contributed by atoms with Crippen molar-refractivity contribution in [3.05, 3.63) is 64.2 Å². The topological polar surface area (TPSA) is 69.6 Å². The van der Waals surface area contributed by atoms with Gasteiger partial charge in [-0.25, -0.2) is 0 Å². The Kier molecular flexibility index (Phi) is 5.78. The van der Waals surface area contributed by atoms with Gasteiger partial charge in [-0.05, 0) is 35.2 Å². The largest absolute Gasteiger partial charge is 0.506 e. The van der Waals surface area contributed by atoms with E-state index >= 15 is 0 Å². The Labute approximate surface area is 157 Å². The van der Waals surface area contributed by atoms with Gasteiger partial charge in [0.2, 0.25) is 11.8 Å². The molecule has 5 nitrogen and oxygen atoms in total.